The van der Waals surface area contributed by atoms with E-state index in [4.69, 9.17) is 16.3 Å². The number of hydrogen-bond acceptors (Lipinski definition) is 4. The van der Waals surface area contributed by atoms with E-state index >= 15 is 0 Å². The second-order valence-corrected chi connectivity index (χ2v) is 7.83. The molecule has 0 radical (unpaired) electrons. The highest BCUT2D eigenvalue weighted by Crippen LogP contribution is 2.21. The normalized spacial score (nSPS) is 18.3. The van der Waals surface area contributed by atoms with Crippen molar-refractivity contribution in [2.24, 2.45) is 0 Å². The topological polar surface area (TPSA) is 67.4 Å². The Morgan fingerprint density at radius 1 is 0.963 bits per heavy atom. The van der Waals surface area contributed by atoms with Crippen molar-refractivity contribution in [1.29, 1.82) is 0 Å². The van der Waals surface area contributed by atoms with E-state index in [0.29, 0.717) is 16.5 Å². The van der Waals surface area contributed by atoms with Crippen LogP contribution in [0, 0.1) is 0 Å². The van der Waals surface area contributed by atoms with Crippen LogP contribution in [0.1, 0.15) is 12.8 Å². The second kappa shape index (κ2) is 9.67. The van der Waals surface area contributed by atoms with Crippen molar-refractivity contribution in [2.75, 3.05) is 12.4 Å². The molecule has 0 saturated heterocycles. The molecule has 27 heavy (non-hydrogen) atoms. The fourth-order valence-electron chi connectivity index (χ4n) is 2.74. The third kappa shape index (κ3) is 6.48. The van der Waals surface area contributed by atoms with Gasteiger partial charge in [-0.25, -0.2) is 0 Å². The molecule has 0 aromatic heterocycles. The van der Waals surface area contributed by atoms with Crippen LogP contribution in [-0.4, -0.2) is 36.3 Å². The van der Waals surface area contributed by atoms with Gasteiger partial charge in [-0.3, -0.25) is 9.59 Å². The summed E-state index contributed by atoms with van der Waals surface area (Å²) in [6.07, 6.45) is 1.49. The fourth-order valence-corrected chi connectivity index (χ4v) is 3.59. The van der Waals surface area contributed by atoms with Gasteiger partial charge >= 0.3 is 0 Å². The number of amides is 2. The van der Waals surface area contributed by atoms with Gasteiger partial charge in [0, 0.05) is 22.0 Å². The maximum absolute atomic E-state index is 12.0. The van der Waals surface area contributed by atoms with Gasteiger partial charge in [0.25, 0.3) is 5.91 Å². The monoisotopic (exact) mass is 404 g/mol. The van der Waals surface area contributed by atoms with Crippen LogP contribution in [0.15, 0.2) is 59.5 Å². The fraction of sp³-hybridized carbons (Fsp3) is 0.300. The molecule has 7 heteroatoms. The zero-order chi connectivity index (χ0) is 19.1. The number of benzene rings is 2. The number of rotatable bonds is 8. The number of ether oxygens (including phenoxy) is 1. The summed E-state index contributed by atoms with van der Waals surface area (Å²) in [5.41, 5.74) is 0. The van der Waals surface area contributed by atoms with Gasteiger partial charge in [-0.15, -0.1) is 11.8 Å². The molecule has 2 N–H and O–H groups in total. The Morgan fingerprint density at radius 3 is 2.26 bits per heavy atom. The van der Waals surface area contributed by atoms with Crippen LogP contribution in [0.25, 0.3) is 0 Å². The summed E-state index contributed by atoms with van der Waals surface area (Å²) >= 11 is 7.32. The van der Waals surface area contributed by atoms with Crippen LogP contribution in [0.2, 0.25) is 5.02 Å². The lowest BCUT2D eigenvalue weighted by Crippen LogP contribution is -2.54. The minimum atomic E-state index is -0.167. The molecule has 0 spiro atoms. The van der Waals surface area contributed by atoms with Gasteiger partial charge in [0.05, 0.1) is 5.75 Å². The second-order valence-electron chi connectivity index (χ2n) is 6.34. The van der Waals surface area contributed by atoms with Crippen LogP contribution < -0.4 is 15.4 Å². The quantitative estimate of drug-likeness (QED) is 0.662. The maximum atomic E-state index is 12.0. The van der Waals surface area contributed by atoms with Gasteiger partial charge in [-0.2, -0.15) is 0 Å². The van der Waals surface area contributed by atoms with Gasteiger partial charge in [-0.1, -0.05) is 29.8 Å². The average Bonchev–Trinajstić information content (AvgIpc) is 2.65. The molecule has 1 aliphatic rings. The number of halogens is 1. The summed E-state index contributed by atoms with van der Waals surface area (Å²) in [6, 6.07) is 16.9. The third-order valence-corrected chi connectivity index (χ3v) is 5.43. The van der Waals surface area contributed by atoms with Crippen LogP contribution in [0.5, 0.6) is 5.75 Å². The summed E-state index contributed by atoms with van der Waals surface area (Å²) < 4.78 is 5.41. The molecule has 3 rings (SSSR count). The Bertz CT molecular complexity index is 765. The Hall–Kier alpha value is -2.18. The first kappa shape index (κ1) is 19.6. The van der Waals surface area contributed by atoms with Crippen LogP contribution in [0.3, 0.4) is 0 Å². The first-order valence-corrected chi connectivity index (χ1v) is 10.1. The van der Waals surface area contributed by atoms with Gasteiger partial charge < -0.3 is 15.4 Å². The molecule has 1 aliphatic carbocycles. The lowest BCUT2D eigenvalue weighted by Gasteiger charge is -2.36. The molecule has 0 aliphatic heterocycles. The van der Waals surface area contributed by atoms with E-state index in [0.717, 1.165) is 17.7 Å². The molecule has 0 bridgehead atoms. The van der Waals surface area contributed by atoms with E-state index in [-0.39, 0.29) is 30.5 Å². The Balaban J connectivity index is 1.28. The van der Waals surface area contributed by atoms with Crippen LogP contribution in [-0.2, 0) is 9.59 Å². The lowest BCUT2D eigenvalue weighted by molar-refractivity contribution is -0.124. The maximum Gasteiger partial charge on any atom is 0.258 e. The summed E-state index contributed by atoms with van der Waals surface area (Å²) in [5.74, 6) is 0.847. The number of carbonyl (C=O) groups is 2. The first-order valence-electron chi connectivity index (χ1n) is 8.73. The largest absolute Gasteiger partial charge is 0.484 e. The lowest BCUT2D eigenvalue weighted by atomic mass is 9.86. The van der Waals surface area contributed by atoms with E-state index in [2.05, 4.69) is 10.6 Å². The Kier molecular flexibility index (Phi) is 7.01. The predicted molar refractivity (Wildman–Crippen MR) is 107 cm³/mol. The molecule has 0 unspecified atom stereocenters. The van der Waals surface area contributed by atoms with Gasteiger partial charge in [0.1, 0.15) is 5.75 Å². The molecule has 0 heterocycles. The molecule has 2 aromatic rings. The summed E-state index contributed by atoms with van der Waals surface area (Å²) in [6.45, 7) is -0.0388. The molecular weight excluding hydrogens is 384 g/mol. The smallest absolute Gasteiger partial charge is 0.258 e. The van der Waals surface area contributed by atoms with Crippen molar-refractivity contribution < 1.29 is 14.3 Å². The van der Waals surface area contributed by atoms with Crippen molar-refractivity contribution in [2.45, 2.75) is 29.8 Å². The molecule has 1 fully saturated rings. The minimum absolute atomic E-state index is 0.0182. The van der Waals surface area contributed by atoms with E-state index in [1.54, 1.807) is 24.3 Å². The molecular formula is C20H21ClN2O3S. The standard InChI is InChI=1S/C20H21ClN2O3S/c21-14-6-8-17(9-7-14)26-12-19(24)22-15-10-16(11-15)23-20(25)13-27-18-4-2-1-3-5-18/h1-9,15-16H,10-13H2,(H,22,24)(H,23,25)/t15-,16-. The van der Waals surface area contributed by atoms with Gasteiger partial charge in [0.2, 0.25) is 5.91 Å². The molecule has 5 nitrogen and oxygen atoms in total. The summed E-state index contributed by atoms with van der Waals surface area (Å²) in [5, 5.41) is 6.53. The van der Waals surface area contributed by atoms with Crippen molar-refractivity contribution in [3.8, 4) is 5.75 Å². The number of carbonyl (C=O) groups excluding carboxylic acids is 2. The highest BCUT2D eigenvalue weighted by atomic mass is 35.5. The van der Waals surface area contributed by atoms with E-state index < -0.39 is 0 Å². The van der Waals surface area contributed by atoms with Crippen molar-refractivity contribution in [3.05, 3.63) is 59.6 Å². The predicted octanol–water partition coefficient (Wildman–Crippen LogP) is 3.27. The third-order valence-electron chi connectivity index (χ3n) is 4.16. The molecule has 2 amide bonds. The highest BCUT2D eigenvalue weighted by molar-refractivity contribution is 8.00. The Morgan fingerprint density at radius 2 is 1.59 bits per heavy atom. The van der Waals surface area contributed by atoms with Crippen LogP contribution >= 0.6 is 23.4 Å². The zero-order valence-electron chi connectivity index (χ0n) is 14.7. The van der Waals surface area contributed by atoms with Crippen LogP contribution in [0.4, 0.5) is 0 Å². The van der Waals surface area contributed by atoms with Crippen molar-refractivity contribution in [3.63, 3.8) is 0 Å². The van der Waals surface area contributed by atoms with E-state index in [1.165, 1.54) is 11.8 Å². The highest BCUT2D eigenvalue weighted by Gasteiger charge is 2.31. The van der Waals surface area contributed by atoms with E-state index in [1.807, 2.05) is 30.3 Å². The number of thioether (sulfide) groups is 1. The van der Waals surface area contributed by atoms with E-state index in [9.17, 15) is 9.59 Å². The molecule has 0 atom stereocenters. The van der Waals surface area contributed by atoms with Crippen molar-refractivity contribution >= 4 is 35.2 Å². The van der Waals surface area contributed by atoms with Gasteiger partial charge in [0.15, 0.2) is 6.61 Å². The average molecular weight is 405 g/mol. The molecule has 2 aromatic carbocycles. The number of nitrogens with one attached hydrogen (secondary N) is 2. The molecule has 1 saturated carbocycles. The summed E-state index contributed by atoms with van der Waals surface area (Å²) in [7, 11) is 0. The first-order chi connectivity index (χ1) is 13.1. The minimum Gasteiger partial charge on any atom is -0.484 e. The number of hydrogen-bond donors (Lipinski definition) is 2. The SMILES string of the molecule is O=C(COc1ccc(Cl)cc1)N[C@H]1C[C@H](NC(=O)CSc2ccccc2)C1. The zero-order valence-corrected chi connectivity index (χ0v) is 16.3. The Labute approximate surface area is 167 Å². The van der Waals surface area contributed by atoms with Crippen molar-refractivity contribution in [1.82, 2.24) is 10.6 Å². The summed E-state index contributed by atoms with van der Waals surface area (Å²) in [4.78, 5) is 25.0. The van der Waals surface area contributed by atoms with Gasteiger partial charge in [-0.05, 0) is 49.2 Å². The molecule has 142 valence electrons.